The molecule has 2 rings (SSSR count). The molecule has 2 aromatic carbocycles. The highest BCUT2D eigenvalue weighted by atomic mass is 14.0. The van der Waals surface area contributed by atoms with E-state index in [0.29, 0.717) is 0 Å². The fourth-order valence-electron chi connectivity index (χ4n) is 3.18. The molecular formula is C28H46. The molecule has 0 saturated carbocycles. The van der Waals surface area contributed by atoms with Crippen molar-refractivity contribution in [3.05, 3.63) is 60.7 Å². The lowest BCUT2D eigenvalue weighted by atomic mass is 10.1. The summed E-state index contributed by atoms with van der Waals surface area (Å²) in [5, 5.41) is 0. The summed E-state index contributed by atoms with van der Waals surface area (Å²) in [6.45, 7) is 8.57. The lowest BCUT2D eigenvalue weighted by Gasteiger charge is -2.01. The van der Waals surface area contributed by atoms with E-state index in [1.807, 2.05) is 26.0 Å². The Morgan fingerprint density at radius 1 is 0.393 bits per heavy atom. The Kier molecular flexibility index (Phi) is 20.5. The summed E-state index contributed by atoms with van der Waals surface area (Å²) < 4.78 is 0. The number of unbranched alkanes of at least 4 members (excludes halogenated alkanes) is 11. The second-order valence-corrected chi connectivity index (χ2v) is 7.27. The first kappa shape index (κ1) is 26.4. The molecule has 0 N–H and O–H groups in total. The smallest absolute Gasteiger partial charge is 0.0184 e. The van der Waals surface area contributed by atoms with Crippen LogP contribution in [0.5, 0.6) is 0 Å². The molecule has 0 saturated heterocycles. The van der Waals surface area contributed by atoms with Crippen LogP contribution in [0.4, 0.5) is 0 Å². The van der Waals surface area contributed by atoms with Gasteiger partial charge in [-0.1, -0.05) is 165 Å². The van der Waals surface area contributed by atoms with Crippen LogP contribution in [-0.2, 0) is 0 Å². The number of hydrogen-bond acceptors (Lipinski definition) is 0. The predicted molar refractivity (Wildman–Crippen MR) is 130 cm³/mol. The summed E-state index contributed by atoms with van der Waals surface area (Å²) in [4.78, 5) is 0. The molecule has 158 valence electrons. The second kappa shape index (κ2) is 21.7. The zero-order chi connectivity index (χ0) is 20.7. The fraction of sp³-hybridized carbons (Fsp3) is 0.571. The van der Waals surface area contributed by atoms with Gasteiger partial charge in [-0.3, -0.25) is 0 Å². The van der Waals surface area contributed by atoms with Gasteiger partial charge in [0.15, 0.2) is 0 Å². The molecule has 0 amide bonds. The van der Waals surface area contributed by atoms with Gasteiger partial charge < -0.3 is 0 Å². The standard InChI is InChI=1S/C14H30.C12H10.C2H6/c1-3-5-7-9-11-13-14-12-10-8-6-4-2;1-3-7-11(8-4-1)12-9-5-2-6-10-12;1-2/h3-14H2,1-2H3;1-10H;1-2H3. The molecular weight excluding hydrogens is 336 g/mol. The number of rotatable bonds is 12. The molecule has 0 aromatic heterocycles. The maximum absolute atomic E-state index is 2.29. The Labute approximate surface area is 176 Å². The molecule has 0 aliphatic heterocycles. The minimum absolute atomic E-state index is 1.28. The predicted octanol–water partition coefficient (Wildman–Crippen LogP) is 10.1. The second-order valence-electron chi connectivity index (χ2n) is 7.27. The number of hydrogen-bond donors (Lipinski definition) is 0. The summed E-state index contributed by atoms with van der Waals surface area (Å²) >= 11 is 0. The van der Waals surface area contributed by atoms with Crippen molar-refractivity contribution in [3.8, 4) is 11.1 Å². The van der Waals surface area contributed by atoms with Crippen molar-refractivity contribution in [1.82, 2.24) is 0 Å². The van der Waals surface area contributed by atoms with Gasteiger partial charge in [0, 0.05) is 0 Å². The summed E-state index contributed by atoms with van der Waals surface area (Å²) in [6.07, 6.45) is 17.4. The molecule has 0 bridgehead atoms. The molecule has 0 atom stereocenters. The van der Waals surface area contributed by atoms with E-state index in [9.17, 15) is 0 Å². The Balaban J connectivity index is 0.000000480. The normalized spacial score (nSPS) is 9.71. The lowest BCUT2D eigenvalue weighted by Crippen LogP contribution is -1.81. The molecule has 2 aromatic rings. The molecule has 0 spiro atoms. The Hall–Kier alpha value is -1.56. The van der Waals surface area contributed by atoms with Gasteiger partial charge >= 0.3 is 0 Å². The maximum atomic E-state index is 2.29. The Bertz CT molecular complexity index is 451. The molecule has 0 nitrogen and oxygen atoms in total. The molecule has 0 heteroatoms. The van der Waals surface area contributed by atoms with Crippen LogP contribution in [0.1, 0.15) is 105 Å². The van der Waals surface area contributed by atoms with Crippen molar-refractivity contribution in [1.29, 1.82) is 0 Å². The van der Waals surface area contributed by atoms with Crippen molar-refractivity contribution in [2.45, 2.75) is 105 Å². The van der Waals surface area contributed by atoms with Gasteiger partial charge in [-0.05, 0) is 11.1 Å². The fourth-order valence-corrected chi connectivity index (χ4v) is 3.18. The van der Waals surface area contributed by atoms with E-state index < -0.39 is 0 Å². The van der Waals surface area contributed by atoms with Crippen LogP contribution in [0.2, 0.25) is 0 Å². The molecule has 0 radical (unpaired) electrons. The summed E-state index contributed by atoms with van der Waals surface area (Å²) in [5.74, 6) is 0. The van der Waals surface area contributed by atoms with Crippen molar-refractivity contribution in [2.24, 2.45) is 0 Å². The molecule has 0 heterocycles. The monoisotopic (exact) mass is 382 g/mol. The highest BCUT2D eigenvalue weighted by Gasteiger charge is 1.92. The van der Waals surface area contributed by atoms with E-state index in [-0.39, 0.29) is 0 Å². The topological polar surface area (TPSA) is 0 Å². The SMILES string of the molecule is CC.CCCCCCCCCCCCCC.c1ccc(-c2ccccc2)cc1. The van der Waals surface area contributed by atoms with Gasteiger partial charge in [0.25, 0.3) is 0 Å². The highest BCUT2D eigenvalue weighted by Crippen LogP contribution is 2.17. The minimum Gasteiger partial charge on any atom is -0.0683 e. The average Bonchev–Trinajstić information content (AvgIpc) is 2.78. The van der Waals surface area contributed by atoms with Crippen LogP contribution in [0.15, 0.2) is 60.7 Å². The molecule has 0 fully saturated rings. The van der Waals surface area contributed by atoms with Crippen molar-refractivity contribution in [3.63, 3.8) is 0 Å². The van der Waals surface area contributed by atoms with Crippen LogP contribution in [0.25, 0.3) is 11.1 Å². The zero-order valence-corrected chi connectivity index (χ0v) is 19.3. The molecule has 28 heavy (non-hydrogen) atoms. The van der Waals surface area contributed by atoms with Crippen molar-refractivity contribution in [2.75, 3.05) is 0 Å². The third kappa shape index (κ3) is 15.5. The van der Waals surface area contributed by atoms with E-state index in [1.54, 1.807) is 0 Å². The van der Waals surface area contributed by atoms with Crippen LogP contribution < -0.4 is 0 Å². The van der Waals surface area contributed by atoms with Crippen LogP contribution >= 0.6 is 0 Å². The van der Waals surface area contributed by atoms with E-state index >= 15 is 0 Å². The average molecular weight is 383 g/mol. The van der Waals surface area contributed by atoms with Crippen LogP contribution in [0.3, 0.4) is 0 Å². The first-order valence-electron chi connectivity index (χ1n) is 12.0. The van der Waals surface area contributed by atoms with Gasteiger partial charge in [-0.15, -0.1) is 0 Å². The van der Waals surface area contributed by atoms with E-state index in [0.717, 1.165) is 0 Å². The third-order valence-corrected chi connectivity index (χ3v) is 4.84. The first-order valence-corrected chi connectivity index (χ1v) is 12.0. The minimum atomic E-state index is 1.28. The highest BCUT2D eigenvalue weighted by molar-refractivity contribution is 5.62. The quantitative estimate of drug-likeness (QED) is 0.320. The summed E-state index contributed by atoms with van der Waals surface area (Å²) in [6, 6.07) is 20.8. The first-order chi connectivity index (χ1) is 13.9. The Morgan fingerprint density at radius 2 is 0.643 bits per heavy atom. The van der Waals surface area contributed by atoms with Crippen molar-refractivity contribution < 1.29 is 0 Å². The summed E-state index contributed by atoms with van der Waals surface area (Å²) in [7, 11) is 0. The van der Waals surface area contributed by atoms with Gasteiger partial charge in [0.2, 0.25) is 0 Å². The van der Waals surface area contributed by atoms with Gasteiger partial charge in [0.05, 0.1) is 0 Å². The van der Waals surface area contributed by atoms with Crippen LogP contribution in [0, 0.1) is 0 Å². The largest absolute Gasteiger partial charge is 0.0683 e. The van der Waals surface area contributed by atoms with E-state index in [1.165, 1.54) is 88.2 Å². The lowest BCUT2D eigenvalue weighted by molar-refractivity contribution is 0.548. The summed E-state index contributed by atoms with van der Waals surface area (Å²) in [5.41, 5.74) is 2.55. The van der Waals surface area contributed by atoms with Crippen molar-refractivity contribution >= 4 is 0 Å². The van der Waals surface area contributed by atoms with Gasteiger partial charge in [-0.2, -0.15) is 0 Å². The van der Waals surface area contributed by atoms with Crippen LogP contribution in [-0.4, -0.2) is 0 Å². The van der Waals surface area contributed by atoms with Gasteiger partial charge in [-0.25, -0.2) is 0 Å². The van der Waals surface area contributed by atoms with E-state index in [2.05, 4.69) is 62.4 Å². The molecule has 0 unspecified atom stereocenters. The number of benzene rings is 2. The maximum Gasteiger partial charge on any atom is -0.0184 e. The molecule has 0 aliphatic carbocycles. The Morgan fingerprint density at radius 3 is 0.893 bits per heavy atom. The van der Waals surface area contributed by atoms with E-state index in [4.69, 9.17) is 0 Å². The molecule has 0 aliphatic rings. The third-order valence-electron chi connectivity index (χ3n) is 4.84. The zero-order valence-electron chi connectivity index (χ0n) is 19.3. The van der Waals surface area contributed by atoms with Gasteiger partial charge in [0.1, 0.15) is 0 Å².